The standard InChI is InChI=1S/C11H8N2O5/c14-10(15)4-9-12-13-11(18-9)6-1-2-7-8(3-6)17-5-16-7/h1-3H,4-5H2,(H,14,15). The first-order valence-electron chi connectivity index (χ1n) is 5.16. The Morgan fingerprint density at radius 3 is 2.94 bits per heavy atom. The Morgan fingerprint density at radius 1 is 1.28 bits per heavy atom. The molecular weight excluding hydrogens is 240 g/mol. The normalized spacial score (nSPS) is 12.7. The summed E-state index contributed by atoms with van der Waals surface area (Å²) in [6.07, 6.45) is -0.294. The molecule has 18 heavy (non-hydrogen) atoms. The lowest BCUT2D eigenvalue weighted by Crippen LogP contribution is -1.99. The van der Waals surface area contributed by atoms with E-state index in [1.807, 2.05) is 0 Å². The summed E-state index contributed by atoms with van der Waals surface area (Å²) in [7, 11) is 0. The third-order valence-corrected chi connectivity index (χ3v) is 2.39. The van der Waals surface area contributed by atoms with Gasteiger partial charge in [-0.25, -0.2) is 0 Å². The summed E-state index contributed by atoms with van der Waals surface area (Å²) >= 11 is 0. The van der Waals surface area contributed by atoms with Crippen LogP contribution in [0.3, 0.4) is 0 Å². The fourth-order valence-electron chi connectivity index (χ4n) is 1.60. The van der Waals surface area contributed by atoms with E-state index in [1.165, 1.54) is 0 Å². The molecule has 3 rings (SSSR count). The lowest BCUT2D eigenvalue weighted by atomic mass is 10.2. The van der Waals surface area contributed by atoms with Gasteiger partial charge in [0.15, 0.2) is 11.5 Å². The summed E-state index contributed by atoms with van der Waals surface area (Å²) in [6.45, 7) is 0.187. The predicted octanol–water partition coefficient (Wildman–Crippen LogP) is 1.09. The van der Waals surface area contributed by atoms with E-state index in [2.05, 4.69) is 10.2 Å². The van der Waals surface area contributed by atoms with Crippen LogP contribution in [0.1, 0.15) is 5.89 Å². The first-order chi connectivity index (χ1) is 8.72. The number of carbonyl (C=O) groups is 1. The number of ether oxygens (including phenoxy) is 2. The van der Waals surface area contributed by atoms with Crippen molar-refractivity contribution in [1.82, 2.24) is 10.2 Å². The van der Waals surface area contributed by atoms with Crippen LogP contribution in [-0.2, 0) is 11.2 Å². The summed E-state index contributed by atoms with van der Waals surface area (Å²) in [5.74, 6) is 0.560. The predicted molar refractivity (Wildman–Crippen MR) is 57.2 cm³/mol. The van der Waals surface area contributed by atoms with Gasteiger partial charge in [0.2, 0.25) is 18.6 Å². The van der Waals surface area contributed by atoms with E-state index in [9.17, 15) is 4.79 Å². The molecule has 1 aromatic carbocycles. The second kappa shape index (κ2) is 4.02. The van der Waals surface area contributed by atoms with Gasteiger partial charge in [-0.05, 0) is 18.2 Å². The number of benzene rings is 1. The lowest BCUT2D eigenvalue weighted by Gasteiger charge is -1.97. The van der Waals surface area contributed by atoms with Gasteiger partial charge in [-0.3, -0.25) is 4.79 Å². The van der Waals surface area contributed by atoms with Gasteiger partial charge in [0.25, 0.3) is 0 Å². The Bertz CT molecular complexity index is 607. The van der Waals surface area contributed by atoms with Gasteiger partial charge in [0.1, 0.15) is 6.42 Å². The van der Waals surface area contributed by atoms with Gasteiger partial charge in [-0.2, -0.15) is 0 Å². The molecule has 0 amide bonds. The van der Waals surface area contributed by atoms with Gasteiger partial charge < -0.3 is 19.0 Å². The van der Waals surface area contributed by atoms with Crippen LogP contribution in [0.15, 0.2) is 22.6 Å². The maximum Gasteiger partial charge on any atom is 0.312 e. The fourth-order valence-corrected chi connectivity index (χ4v) is 1.60. The number of carboxylic acid groups (broad SMARTS) is 1. The van der Waals surface area contributed by atoms with Crippen molar-refractivity contribution in [3.05, 3.63) is 24.1 Å². The highest BCUT2D eigenvalue weighted by atomic mass is 16.7. The molecule has 0 atom stereocenters. The molecule has 0 spiro atoms. The molecule has 7 heteroatoms. The summed E-state index contributed by atoms with van der Waals surface area (Å²) in [5, 5.41) is 16.1. The van der Waals surface area contributed by atoms with E-state index in [1.54, 1.807) is 18.2 Å². The number of fused-ring (bicyclic) bond motifs is 1. The molecule has 0 unspecified atom stereocenters. The van der Waals surface area contributed by atoms with Crippen LogP contribution in [0.2, 0.25) is 0 Å². The average Bonchev–Trinajstić information content (AvgIpc) is 2.95. The Morgan fingerprint density at radius 2 is 2.11 bits per heavy atom. The molecule has 2 heterocycles. The third kappa shape index (κ3) is 1.86. The van der Waals surface area contributed by atoms with Gasteiger partial charge in [0, 0.05) is 5.56 Å². The summed E-state index contributed by atoms with van der Waals surface area (Å²) < 4.78 is 15.6. The number of rotatable bonds is 3. The minimum Gasteiger partial charge on any atom is -0.481 e. The molecule has 7 nitrogen and oxygen atoms in total. The van der Waals surface area contributed by atoms with Crippen LogP contribution in [0.25, 0.3) is 11.5 Å². The Hall–Kier alpha value is -2.57. The van der Waals surface area contributed by atoms with Gasteiger partial charge in [-0.1, -0.05) is 0 Å². The number of hydrogen-bond acceptors (Lipinski definition) is 6. The molecule has 0 fully saturated rings. The van der Waals surface area contributed by atoms with E-state index in [4.69, 9.17) is 19.0 Å². The Balaban J connectivity index is 1.90. The highest BCUT2D eigenvalue weighted by Crippen LogP contribution is 2.35. The van der Waals surface area contributed by atoms with Crippen molar-refractivity contribution in [3.63, 3.8) is 0 Å². The van der Waals surface area contributed by atoms with Crippen LogP contribution in [0, 0.1) is 0 Å². The summed E-state index contributed by atoms with van der Waals surface area (Å²) in [4.78, 5) is 10.5. The van der Waals surface area contributed by atoms with Crippen LogP contribution < -0.4 is 9.47 Å². The van der Waals surface area contributed by atoms with Crippen molar-refractivity contribution in [1.29, 1.82) is 0 Å². The van der Waals surface area contributed by atoms with E-state index in [0.29, 0.717) is 17.1 Å². The van der Waals surface area contributed by atoms with Crippen LogP contribution in [-0.4, -0.2) is 28.1 Å². The van der Waals surface area contributed by atoms with Crippen molar-refractivity contribution in [2.45, 2.75) is 6.42 Å². The van der Waals surface area contributed by atoms with Crippen molar-refractivity contribution in [2.24, 2.45) is 0 Å². The van der Waals surface area contributed by atoms with Crippen molar-refractivity contribution in [3.8, 4) is 23.0 Å². The number of hydrogen-bond donors (Lipinski definition) is 1. The molecule has 0 radical (unpaired) electrons. The van der Waals surface area contributed by atoms with Crippen molar-refractivity contribution < 1.29 is 23.8 Å². The minimum absolute atomic E-state index is 0.0650. The molecular formula is C11H8N2O5. The Labute approximate surface area is 101 Å². The lowest BCUT2D eigenvalue weighted by molar-refractivity contribution is -0.136. The molecule has 1 aliphatic rings. The quantitative estimate of drug-likeness (QED) is 0.868. The molecule has 0 aliphatic carbocycles. The van der Waals surface area contributed by atoms with Crippen LogP contribution in [0.5, 0.6) is 11.5 Å². The maximum atomic E-state index is 10.5. The first-order valence-corrected chi connectivity index (χ1v) is 5.16. The molecule has 0 saturated carbocycles. The topological polar surface area (TPSA) is 94.7 Å². The number of aliphatic carboxylic acids is 1. The van der Waals surface area contributed by atoms with Gasteiger partial charge in [0.05, 0.1) is 0 Å². The van der Waals surface area contributed by atoms with E-state index in [0.717, 1.165) is 0 Å². The van der Waals surface area contributed by atoms with Crippen LogP contribution >= 0.6 is 0 Å². The Kier molecular flexibility index (Phi) is 2.36. The highest BCUT2D eigenvalue weighted by Gasteiger charge is 2.17. The molecule has 1 aromatic heterocycles. The van der Waals surface area contributed by atoms with Crippen molar-refractivity contribution >= 4 is 5.97 Å². The van der Waals surface area contributed by atoms with Gasteiger partial charge >= 0.3 is 5.97 Å². The third-order valence-electron chi connectivity index (χ3n) is 2.39. The first kappa shape index (κ1) is 10.6. The zero-order valence-corrected chi connectivity index (χ0v) is 9.12. The summed E-state index contributed by atoms with van der Waals surface area (Å²) in [5.41, 5.74) is 0.656. The molecule has 1 aliphatic heterocycles. The SMILES string of the molecule is O=C(O)Cc1nnc(-c2ccc3c(c2)OCO3)o1. The second-order valence-electron chi connectivity index (χ2n) is 3.64. The van der Waals surface area contributed by atoms with Gasteiger partial charge in [-0.15, -0.1) is 10.2 Å². The van der Waals surface area contributed by atoms with E-state index < -0.39 is 5.97 Å². The molecule has 2 aromatic rings. The molecule has 1 N–H and O–H groups in total. The number of nitrogens with zero attached hydrogens (tertiary/aromatic N) is 2. The summed E-state index contributed by atoms with van der Waals surface area (Å²) in [6, 6.07) is 5.19. The zero-order valence-electron chi connectivity index (χ0n) is 9.12. The van der Waals surface area contributed by atoms with Crippen LogP contribution in [0.4, 0.5) is 0 Å². The fraction of sp³-hybridized carbons (Fsp3) is 0.182. The second-order valence-corrected chi connectivity index (χ2v) is 3.64. The smallest absolute Gasteiger partial charge is 0.312 e. The minimum atomic E-state index is -1.02. The molecule has 92 valence electrons. The van der Waals surface area contributed by atoms with E-state index in [-0.39, 0.29) is 25.0 Å². The maximum absolute atomic E-state index is 10.5. The zero-order chi connectivity index (χ0) is 12.5. The molecule has 0 bridgehead atoms. The molecule has 0 saturated heterocycles. The number of carboxylic acids is 1. The highest BCUT2D eigenvalue weighted by molar-refractivity contribution is 5.69. The number of aromatic nitrogens is 2. The van der Waals surface area contributed by atoms with Crippen molar-refractivity contribution in [2.75, 3.05) is 6.79 Å². The van der Waals surface area contributed by atoms with E-state index >= 15 is 0 Å². The average molecular weight is 248 g/mol. The largest absolute Gasteiger partial charge is 0.481 e. The monoisotopic (exact) mass is 248 g/mol.